The van der Waals surface area contributed by atoms with E-state index >= 15 is 0 Å². The first-order valence-electron chi connectivity index (χ1n) is 5.95. The Morgan fingerprint density at radius 3 is 2.78 bits per heavy atom. The first-order valence-corrected chi connectivity index (χ1v) is 7.14. The third-order valence-electron chi connectivity index (χ3n) is 2.42. The quantitative estimate of drug-likeness (QED) is 0.703. The molecule has 0 aliphatic heterocycles. The maximum absolute atomic E-state index is 11.9. The molecule has 0 saturated carbocycles. The molecule has 0 spiro atoms. The van der Waals surface area contributed by atoms with E-state index in [9.17, 15) is 8.78 Å². The summed E-state index contributed by atoms with van der Waals surface area (Å²) in [4.78, 5) is 1.19. The van der Waals surface area contributed by atoms with E-state index in [1.165, 1.54) is 4.88 Å². The minimum absolute atomic E-state index is 0.238. The molecular formula is C12H18ClF2NOS. The van der Waals surface area contributed by atoms with Gasteiger partial charge in [-0.15, -0.1) is 11.3 Å². The van der Waals surface area contributed by atoms with Crippen LogP contribution in [0.25, 0.3) is 0 Å². The zero-order valence-electron chi connectivity index (χ0n) is 10.3. The van der Waals surface area contributed by atoms with Crippen molar-refractivity contribution in [2.75, 3.05) is 19.8 Å². The fourth-order valence-corrected chi connectivity index (χ4v) is 2.83. The van der Waals surface area contributed by atoms with E-state index in [4.69, 9.17) is 16.3 Å². The standard InChI is InChI=1S/C12H18ClF2NOS/c1-2-16-9(5-6-17-8-12(14)15)7-10-3-4-11(13)18-10/h3-4,9,12,16H,2,5-8H2,1H3. The van der Waals surface area contributed by atoms with Crippen molar-refractivity contribution in [1.29, 1.82) is 0 Å². The summed E-state index contributed by atoms with van der Waals surface area (Å²) in [5.74, 6) is 0. The molecule has 0 fully saturated rings. The molecule has 0 saturated heterocycles. The van der Waals surface area contributed by atoms with Crippen molar-refractivity contribution in [1.82, 2.24) is 5.32 Å². The molecule has 1 aromatic heterocycles. The summed E-state index contributed by atoms with van der Waals surface area (Å²) in [6.45, 7) is 2.73. The lowest BCUT2D eigenvalue weighted by Crippen LogP contribution is -2.32. The van der Waals surface area contributed by atoms with E-state index in [1.807, 2.05) is 19.1 Å². The number of hydrogen-bond acceptors (Lipinski definition) is 3. The predicted octanol–water partition coefficient (Wildman–Crippen LogP) is 3.59. The van der Waals surface area contributed by atoms with E-state index in [0.29, 0.717) is 6.61 Å². The summed E-state index contributed by atoms with van der Waals surface area (Å²) in [6, 6.07) is 4.11. The smallest absolute Gasteiger partial charge is 0.261 e. The molecule has 0 aromatic carbocycles. The Balaban J connectivity index is 2.30. The van der Waals surface area contributed by atoms with Gasteiger partial charge >= 0.3 is 0 Å². The van der Waals surface area contributed by atoms with Crippen molar-refractivity contribution in [2.45, 2.75) is 32.2 Å². The second-order valence-corrected chi connectivity index (χ2v) is 5.72. The number of thiophene rings is 1. The van der Waals surface area contributed by atoms with Crippen LogP contribution in [0.4, 0.5) is 8.78 Å². The summed E-state index contributed by atoms with van der Waals surface area (Å²) in [5.41, 5.74) is 0. The van der Waals surface area contributed by atoms with Gasteiger partial charge in [0.25, 0.3) is 6.43 Å². The fraction of sp³-hybridized carbons (Fsp3) is 0.667. The van der Waals surface area contributed by atoms with Gasteiger partial charge in [-0.05, 0) is 31.5 Å². The first kappa shape index (κ1) is 15.8. The van der Waals surface area contributed by atoms with E-state index in [0.717, 1.165) is 23.7 Å². The lowest BCUT2D eigenvalue weighted by atomic mass is 10.1. The zero-order chi connectivity index (χ0) is 13.4. The van der Waals surface area contributed by atoms with Crippen LogP contribution in [0, 0.1) is 0 Å². The first-order chi connectivity index (χ1) is 8.61. The van der Waals surface area contributed by atoms with Crippen LogP contribution in [-0.4, -0.2) is 32.2 Å². The van der Waals surface area contributed by atoms with E-state index in [1.54, 1.807) is 11.3 Å². The maximum atomic E-state index is 11.9. The molecule has 1 unspecified atom stereocenters. The van der Waals surface area contributed by atoms with E-state index in [2.05, 4.69) is 5.32 Å². The molecule has 1 heterocycles. The molecule has 1 atom stereocenters. The van der Waals surface area contributed by atoms with Crippen molar-refractivity contribution in [3.63, 3.8) is 0 Å². The Kier molecular flexibility index (Phi) is 7.74. The van der Waals surface area contributed by atoms with Crippen molar-refractivity contribution in [2.24, 2.45) is 0 Å². The average Bonchev–Trinajstić information content (AvgIpc) is 2.70. The lowest BCUT2D eigenvalue weighted by molar-refractivity contribution is 0.0145. The van der Waals surface area contributed by atoms with Gasteiger partial charge in [0.1, 0.15) is 6.61 Å². The second-order valence-electron chi connectivity index (χ2n) is 3.92. The number of halogens is 3. The molecule has 0 radical (unpaired) electrons. The number of hydrogen-bond donors (Lipinski definition) is 1. The Labute approximate surface area is 115 Å². The van der Waals surface area contributed by atoms with Gasteiger partial charge in [0.05, 0.1) is 4.34 Å². The van der Waals surface area contributed by atoms with E-state index in [-0.39, 0.29) is 6.04 Å². The zero-order valence-corrected chi connectivity index (χ0v) is 11.9. The SMILES string of the molecule is CCNC(CCOCC(F)F)Cc1ccc(Cl)s1. The Morgan fingerprint density at radius 2 is 2.22 bits per heavy atom. The van der Waals surface area contributed by atoms with Gasteiger partial charge < -0.3 is 10.1 Å². The Hall–Kier alpha value is -0.230. The van der Waals surface area contributed by atoms with Crippen LogP contribution < -0.4 is 5.32 Å². The molecule has 2 nitrogen and oxygen atoms in total. The van der Waals surface area contributed by atoms with Gasteiger partial charge in [-0.25, -0.2) is 8.78 Å². The summed E-state index contributed by atoms with van der Waals surface area (Å²) < 4.78 is 29.5. The third kappa shape index (κ3) is 6.64. The van der Waals surface area contributed by atoms with Crippen LogP contribution >= 0.6 is 22.9 Å². The van der Waals surface area contributed by atoms with Crippen molar-refractivity contribution < 1.29 is 13.5 Å². The van der Waals surface area contributed by atoms with Crippen LogP contribution in [0.5, 0.6) is 0 Å². The summed E-state index contributed by atoms with van der Waals surface area (Å²) in [7, 11) is 0. The van der Waals surface area contributed by atoms with Gasteiger partial charge in [0.15, 0.2) is 0 Å². The van der Waals surface area contributed by atoms with Gasteiger partial charge in [-0.2, -0.15) is 0 Å². The molecular weight excluding hydrogens is 280 g/mol. The fourth-order valence-electron chi connectivity index (χ4n) is 1.67. The molecule has 18 heavy (non-hydrogen) atoms. The number of nitrogens with one attached hydrogen (secondary N) is 1. The highest BCUT2D eigenvalue weighted by Crippen LogP contribution is 2.23. The summed E-state index contributed by atoms with van der Waals surface area (Å²) >= 11 is 7.42. The van der Waals surface area contributed by atoms with Crippen molar-refractivity contribution in [3.8, 4) is 0 Å². The number of alkyl halides is 2. The second kappa shape index (κ2) is 8.80. The highest BCUT2D eigenvalue weighted by Gasteiger charge is 2.11. The van der Waals surface area contributed by atoms with Gasteiger partial charge in [-0.3, -0.25) is 0 Å². The molecule has 0 aliphatic carbocycles. The predicted molar refractivity (Wildman–Crippen MR) is 71.9 cm³/mol. The minimum Gasteiger partial charge on any atom is -0.375 e. The molecule has 1 N–H and O–H groups in total. The van der Waals surface area contributed by atoms with Crippen LogP contribution in [0.15, 0.2) is 12.1 Å². The third-order valence-corrected chi connectivity index (χ3v) is 3.68. The maximum Gasteiger partial charge on any atom is 0.261 e. The van der Waals surface area contributed by atoms with Crippen molar-refractivity contribution in [3.05, 3.63) is 21.3 Å². The van der Waals surface area contributed by atoms with Crippen LogP contribution in [-0.2, 0) is 11.2 Å². The van der Waals surface area contributed by atoms with Gasteiger partial charge in [-0.1, -0.05) is 18.5 Å². The highest BCUT2D eigenvalue weighted by atomic mass is 35.5. The Morgan fingerprint density at radius 1 is 1.44 bits per heavy atom. The molecule has 6 heteroatoms. The molecule has 0 aliphatic rings. The average molecular weight is 298 g/mol. The summed E-state index contributed by atoms with van der Waals surface area (Å²) in [5, 5.41) is 3.32. The number of ether oxygens (including phenoxy) is 1. The van der Waals surface area contributed by atoms with Crippen LogP contribution in [0.2, 0.25) is 4.34 Å². The molecule has 0 amide bonds. The monoisotopic (exact) mass is 297 g/mol. The topological polar surface area (TPSA) is 21.3 Å². The normalized spacial score (nSPS) is 13.2. The number of likely N-dealkylation sites (N-methyl/N-ethyl adjacent to an activating group) is 1. The lowest BCUT2D eigenvalue weighted by Gasteiger charge is -2.17. The van der Waals surface area contributed by atoms with Gasteiger partial charge in [0.2, 0.25) is 0 Å². The van der Waals surface area contributed by atoms with Gasteiger partial charge in [0, 0.05) is 17.5 Å². The van der Waals surface area contributed by atoms with E-state index < -0.39 is 13.0 Å². The highest BCUT2D eigenvalue weighted by molar-refractivity contribution is 7.16. The Bertz CT molecular complexity index is 336. The molecule has 0 bridgehead atoms. The van der Waals surface area contributed by atoms with Crippen molar-refractivity contribution >= 4 is 22.9 Å². The van der Waals surface area contributed by atoms with Crippen LogP contribution in [0.3, 0.4) is 0 Å². The minimum atomic E-state index is -2.39. The number of rotatable bonds is 9. The largest absolute Gasteiger partial charge is 0.375 e. The van der Waals surface area contributed by atoms with Crippen LogP contribution in [0.1, 0.15) is 18.2 Å². The molecule has 1 aromatic rings. The summed E-state index contributed by atoms with van der Waals surface area (Å²) in [6.07, 6.45) is -0.821. The molecule has 104 valence electrons. The molecule has 1 rings (SSSR count).